The Balaban J connectivity index is 2.03. The van der Waals surface area contributed by atoms with Crippen molar-refractivity contribution in [2.45, 2.75) is 18.9 Å². The van der Waals surface area contributed by atoms with E-state index in [0.717, 1.165) is 12.8 Å². The first-order valence-corrected chi connectivity index (χ1v) is 5.62. The van der Waals surface area contributed by atoms with Crippen LogP contribution in [0, 0.1) is 0 Å². The van der Waals surface area contributed by atoms with Crippen molar-refractivity contribution in [2.75, 3.05) is 0 Å². The summed E-state index contributed by atoms with van der Waals surface area (Å²) >= 11 is 0. The Morgan fingerprint density at radius 3 is 2.69 bits per heavy atom. The zero-order valence-electron chi connectivity index (χ0n) is 9.06. The van der Waals surface area contributed by atoms with E-state index < -0.39 is 0 Å². The zero-order valence-corrected chi connectivity index (χ0v) is 9.06. The second-order valence-corrected chi connectivity index (χ2v) is 4.36. The molecule has 1 atom stereocenters. The lowest BCUT2D eigenvalue weighted by Gasteiger charge is -2.03. The highest BCUT2D eigenvalue weighted by atomic mass is 14.7. The van der Waals surface area contributed by atoms with Gasteiger partial charge in [0.05, 0.1) is 0 Å². The molecule has 0 amide bonds. The fourth-order valence-electron chi connectivity index (χ4n) is 2.29. The number of benzene rings is 1. The predicted octanol–water partition coefficient (Wildman–Crippen LogP) is 2.17. The molecule has 1 aliphatic rings. The van der Waals surface area contributed by atoms with E-state index in [1.54, 1.807) is 0 Å². The van der Waals surface area contributed by atoms with Crippen molar-refractivity contribution in [1.29, 1.82) is 0 Å². The summed E-state index contributed by atoms with van der Waals surface area (Å²) in [5, 5.41) is 0. The van der Waals surface area contributed by atoms with Gasteiger partial charge in [-0.1, -0.05) is 30.3 Å². The molecule has 1 aromatic heterocycles. The first kappa shape index (κ1) is 9.55. The van der Waals surface area contributed by atoms with Crippen molar-refractivity contribution in [3.8, 4) is 11.1 Å². The molecule has 1 heterocycles. The number of hydrogen-bond donors (Lipinski definition) is 1. The van der Waals surface area contributed by atoms with Gasteiger partial charge < -0.3 is 5.73 Å². The monoisotopic (exact) mass is 210 g/mol. The number of rotatable bonds is 1. The van der Waals surface area contributed by atoms with Crippen LogP contribution in [0.15, 0.2) is 42.6 Å². The Morgan fingerprint density at radius 1 is 1.06 bits per heavy atom. The quantitative estimate of drug-likeness (QED) is 0.783. The molecule has 1 aliphatic carbocycles. The molecule has 2 aromatic rings. The topological polar surface area (TPSA) is 38.9 Å². The van der Waals surface area contributed by atoms with Crippen molar-refractivity contribution in [3.05, 3.63) is 53.9 Å². The van der Waals surface area contributed by atoms with Gasteiger partial charge in [0.2, 0.25) is 0 Å². The molecule has 2 N–H and O–H groups in total. The highest BCUT2D eigenvalue weighted by Gasteiger charge is 2.19. The molecule has 0 saturated carbocycles. The summed E-state index contributed by atoms with van der Waals surface area (Å²) in [5.41, 5.74) is 10.8. The van der Waals surface area contributed by atoms with Crippen LogP contribution in [0.1, 0.15) is 11.3 Å². The van der Waals surface area contributed by atoms with E-state index >= 15 is 0 Å². The van der Waals surface area contributed by atoms with Crippen LogP contribution >= 0.6 is 0 Å². The normalized spacial score (nSPS) is 18.4. The molecule has 0 spiro atoms. The molecule has 16 heavy (non-hydrogen) atoms. The Kier molecular flexibility index (Phi) is 2.22. The lowest BCUT2D eigenvalue weighted by Crippen LogP contribution is -2.19. The van der Waals surface area contributed by atoms with Crippen LogP contribution in [0.25, 0.3) is 11.1 Å². The third-order valence-corrected chi connectivity index (χ3v) is 3.10. The molecule has 0 fully saturated rings. The maximum Gasteiger partial charge on any atom is 0.0452 e. The maximum atomic E-state index is 5.93. The van der Waals surface area contributed by atoms with Crippen molar-refractivity contribution < 1.29 is 0 Å². The summed E-state index contributed by atoms with van der Waals surface area (Å²) in [6.07, 6.45) is 3.83. The van der Waals surface area contributed by atoms with Crippen molar-refractivity contribution >= 4 is 0 Å². The lowest BCUT2D eigenvalue weighted by molar-refractivity contribution is 0.716. The summed E-state index contributed by atoms with van der Waals surface area (Å²) in [7, 11) is 0. The van der Waals surface area contributed by atoms with Crippen LogP contribution in [-0.4, -0.2) is 11.0 Å². The first-order valence-electron chi connectivity index (χ1n) is 5.62. The van der Waals surface area contributed by atoms with Crippen LogP contribution in [-0.2, 0) is 12.8 Å². The van der Waals surface area contributed by atoms with Gasteiger partial charge in [0.15, 0.2) is 0 Å². The second-order valence-electron chi connectivity index (χ2n) is 4.36. The number of nitrogens with two attached hydrogens (primary N) is 1. The van der Waals surface area contributed by atoms with Gasteiger partial charge in [-0.15, -0.1) is 0 Å². The average Bonchev–Trinajstić information content (AvgIpc) is 2.69. The number of nitrogens with zero attached hydrogens (tertiary/aromatic N) is 1. The van der Waals surface area contributed by atoms with E-state index in [9.17, 15) is 0 Å². The van der Waals surface area contributed by atoms with Crippen molar-refractivity contribution in [3.63, 3.8) is 0 Å². The number of hydrogen-bond acceptors (Lipinski definition) is 2. The van der Waals surface area contributed by atoms with Crippen LogP contribution in [0.3, 0.4) is 0 Å². The molecule has 2 heteroatoms. The minimum Gasteiger partial charge on any atom is -0.327 e. The Bertz CT molecular complexity index is 505. The SMILES string of the molecule is NC1Cc2cc(-c3ccccc3)cnc2C1. The number of fused-ring (bicyclic) bond motifs is 1. The molecule has 0 radical (unpaired) electrons. The second kappa shape index (κ2) is 3.72. The van der Waals surface area contributed by atoms with E-state index in [-0.39, 0.29) is 6.04 Å². The van der Waals surface area contributed by atoms with Crippen LogP contribution in [0.2, 0.25) is 0 Å². The molecule has 0 bridgehead atoms. The van der Waals surface area contributed by atoms with Gasteiger partial charge in [-0.2, -0.15) is 0 Å². The van der Waals surface area contributed by atoms with E-state index in [1.807, 2.05) is 24.4 Å². The third-order valence-electron chi connectivity index (χ3n) is 3.10. The van der Waals surface area contributed by atoms with Gasteiger partial charge in [-0.25, -0.2) is 0 Å². The van der Waals surface area contributed by atoms with Crippen molar-refractivity contribution in [2.24, 2.45) is 5.73 Å². The standard InChI is InChI=1S/C14H14N2/c15-13-7-11-6-12(9-16-14(11)8-13)10-4-2-1-3-5-10/h1-6,9,13H,7-8,15H2. The third kappa shape index (κ3) is 1.61. The fraction of sp³-hybridized carbons (Fsp3) is 0.214. The van der Waals surface area contributed by atoms with Gasteiger partial charge in [-0.05, 0) is 23.6 Å². The Labute approximate surface area is 95.1 Å². The fourth-order valence-corrected chi connectivity index (χ4v) is 2.29. The highest BCUT2D eigenvalue weighted by molar-refractivity contribution is 5.63. The first-order chi connectivity index (χ1) is 7.83. The smallest absolute Gasteiger partial charge is 0.0452 e. The van der Waals surface area contributed by atoms with Gasteiger partial charge in [0.1, 0.15) is 0 Å². The van der Waals surface area contributed by atoms with Crippen molar-refractivity contribution in [1.82, 2.24) is 4.98 Å². The molecular formula is C14H14N2. The summed E-state index contributed by atoms with van der Waals surface area (Å²) in [6.45, 7) is 0. The number of pyridine rings is 1. The molecule has 2 nitrogen and oxygen atoms in total. The largest absolute Gasteiger partial charge is 0.327 e. The molecule has 1 aromatic carbocycles. The summed E-state index contributed by atoms with van der Waals surface area (Å²) in [4.78, 5) is 4.51. The molecule has 1 unspecified atom stereocenters. The van der Waals surface area contributed by atoms with Crippen LogP contribution in [0.5, 0.6) is 0 Å². The summed E-state index contributed by atoms with van der Waals surface area (Å²) in [5.74, 6) is 0. The van der Waals surface area contributed by atoms with E-state index in [0.29, 0.717) is 0 Å². The summed E-state index contributed by atoms with van der Waals surface area (Å²) < 4.78 is 0. The van der Waals surface area contributed by atoms with Gasteiger partial charge >= 0.3 is 0 Å². The van der Waals surface area contributed by atoms with Gasteiger partial charge in [-0.3, -0.25) is 4.98 Å². The van der Waals surface area contributed by atoms with Gasteiger partial charge in [0.25, 0.3) is 0 Å². The van der Waals surface area contributed by atoms with E-state index in [2.05, 4.69) is 23.2 Å². The maximum absolute atomic E-state index is 5.93. The Hall–Kier alpha value is -1.67. The minimum atomic E-state index is 0.258. The molecule has 80 valence electrons. The molecule has 0 aliphatic heterocycles. The molecular weight excluding hydrogens is 196 g/mol. The molecule has 0 saturated heterocycles. The summed E-state index contributed by atoms with van der Waals surface area (Å²) in [6, 6.07) is 12.8. The molecule has 3 rings (SSSR count). The average molecular weight is 210 g/mol. The van der Waals surface area contributed by atoms with Gasteiger partial charge in [0, 0.05) is 29.9 Å². The predicted molar refractivity (Wildman–Crippen MR) is 65.1 cm³/mol. The van der Waals surface area contributed by atoms with Crippen LogP contribution in [0.4, 0.5) is 0 Å². The lowest BCUT2D eigenvalue weighted by atomic mass is 10.1. The highest BCUT2D eigenvalue weighted by Crippen LogP contribution is 2.25. The van der Waals surface area contributed by atoms with E-state index in [4.69, 9.17) is 5.73 Å². The Morgan fingerprint density at radius 2 is 1.88 bits per heavy atom. The van der Waals surface area contributed by atoms with Crippen LogP contribution < -0.4 is 5.73 Å². The minimum absolute atomic E-state index is 0.258. The van der Waals surface area contributed by atoms with E-state index in [1.165, 1.54) is 22.4 Å². The number of aromatic nitrogens is 1. The zero-order chi connectivity index (χ0) is 11.0.